The summed E-state index contributed by atoms with van der Waals surface area (Å²) < 4.78 is 66.5. The molecule has 252 valence electrons. The summed E-state index contributed by atoms with van der Waals surface area (Å²) in [5, 5.41) is 0.398. The number of halogens is 2. The van der Waals surface area contributed by atoms with Gasteiger partial charge in [-0.15, -0.1) is 0 Å². The van der Waals surface area contributed by atoms with Crippen LogP contribution >= 0.6 is 0 Å². The van der Waals surface area contributed by atoms with Crippen LogP contribution in [0.4, 0.5) is 8.78 Å². The van der Waals surface area contributed by atoms with Gasteiger partial charge in [-0.2, -0.15) is 0 Å². The van der Waals surface area contributed by atoms with Gasteiger partial charge in [0.05, 0.1) is 50.4 Å². The predicted molar refractivity (Wildman–Crippen MR) is 179 cm³/mol. The van der Waals surface area contributed by atoms with E-state index in [1.807, 2.05) is 0 Å². The zero-order valence-corrected chi connectivity index (χ0v) is 26.3. The van der Waals surface area contributed by atoms with Gasteiger partial charge in [-0.1, -0.05) is 0 Å². The molecule has 0 aliphatic heterocycles. The Kier molecular flexibility index (Phi) is 11.1. The molecule has 0 N–H and O–H groups in total. The molecule has 2 aromatic heterocycles. The third kappa shape index (κ3) is 8.96. The largest absolute Gasteiger partial charge is 0.491 e. The third-order valence-corrected chi connectivity index (χ3v) is 7.39. The van der Waals surface area contributed by atoms with Crippen molar-refractivity contribution in [3.8, 4) is 34.1 Å². The molecule has 11 heteroatoms. The minimum absolute atomic E-state index is 0.199. The van der Waals surface area contributed by atoms with Crippen molar-refractivity contribution in [1.29, 1.82) is 0 Å². The molecular weight excluding hydrogens is 638 g/mol. The molecule has 0 atom stereocenters. The summed E-state index contributed by atoms with van der Waals surface area (Å²) in [6, 6.07) is 24.6. The zero-order chi connectivity index (χ0) is 34.0. The van der Waals surface area contributed by atoms with E-state index in [2.05, 4.69) is 0 Å². The topological polar surface area (TPSA) is 107 Å². The lowest BCUT2D eigenvalue weighted by atomic mass is 10.1. The van der Waals surface area contributed by atoms with E-state index in [0.717, 1.165) is 0 Å². The first-order valence-electron chi connectivity index (χ1n) is 15.6. The summed E-state index contributed by atoms with van der Waals surface area (Å²) in [5.41, 5.74) is 1.42. The maximum absolute atomic E-state index is 13.4. The van der Waals surface area contributed by atoms with E-state index >= 15 is 0 Å². The Morgan fingerprint density at radius 1 is 0.449 bits per heavy atom. The Labute approximate surface area is 279 Å². The van der Waals surface area contributed by atoms with Crippen molar-refractivity contribution in [2.24, 2.45) is 0 Å². The molecular formula is C38H32F2O9. The molecule has 0 unspecified atom stereocenters. The summed E-state index contributed by atoms with van der Waals surface area (Å²) in [4.78, 5) is 24.7. The van der Waals surface area contributed by atoms with Crippen molar-refractivity contribution >= 4 is 21.9 Å². The standard InChI is InChI=1S/C38H32F2O9/c39-27-5-11-35-31(21-27)33(41)23-37(48-35)25-1-7-29(8-2-25)46-19-17-44-15-13-43-14-16-45-18-20-47-30-9-3-26(4-10-30)38-24-34(42)32-22-28(40)6-12-36(32)49-38/h1-12,21-24H,13-20H2. The molecule has 0 fully saturated rings. The van der Waals surface area contributed by atoms with E-state index in [0.29, 0.717) is 98.2 Å². The fourth-order valence-corrected chi connectivity index (χ4v) is 4.95. The van der Waals surface area contributed by atoms with Gasteiger partial charge in [-0.3, -0.25) is 9.59 Å². The van der Waals surface area contributed by atoms with Crippen LogP contribution in [0.25, 0.3) is 44.6 Å². The zero-order valence-electron chi connectivity index (χ0n) is 26.3. The first-order chi connectivity index (χ1) is 23.9. The minimum atomic E-state index is -0.489. The highest BCUT2D eigenvalue weighted by Crippen LogP contribution is 2.26. The lowest BCUT2D eigenvalue weighted by Gasteiger charge is -2.10. The summed E-state index contributed by atoms with van der Waals surface area (Å²) >= 11 is 0. The fourth-order valence-electron chi connectivity index (χ4n) is 4.95. The number of hydrogen-bond acceptors (Lipinski definition) is 9. The van der Waals surface area contributed by atoms with Crippen LogP contribution in [0, 0.1) is 11.6 Å². The van der Waals surface area contributed by atoms with Crippen LogP contribution in [0.15, 0.2) is 115 Å². The first-order valence-corrected chi connectivity index (χ1v) is 15.6. The maximum atomic E-state index is 13.4. The second-order valence-electron chi connectivity index (χ2n) is 10.8. The van der Waals surface area contributed by atoms with Gasteiger partial charge in [-0.05, 0) is 84.9 Å². The van der Waals surface area contributed by atoms with Gasteiger partial charge in [0.1, 0.15) is 59.0 Å². The van der Waals surface area contributed by atoms with Gasteiger partial charge in [-0.25, -0.2) is 8.78 Å². The molecule has 0 saturated carbocycles. The molecule has 6 rings (SSSR count). The van der Waals surface area contributed by atoms with Gasteiger partial charge >= 0.3 is 0 Å². The fraction of sp³-hybridized carbons (Fsp3) is 0.211. The SMILES string of the molecule is O=c1cc(-c2ccc(OCCOCCOCCOCCOc3ccc(-c4cc(=O)c5cc(F)ccc5o4)cc3)cc2)oc2ccc(F)cc12. The molecule has 0 spiro atoms. The Morgan fingerprint density at radius 3 is 1.20 bits per heavy atom. The third-order valence-electron chi connectivity index (χ3n) is 7.39. The molecule has 4 aromatic carbocycles. The minimum Gasteiger partial charge on any atom is -0.491 e. The Balaban J connectivity index is 0.799. The van der Waals surface area contributed by atoms with Crippen LogP contribution < -0.4 is 20.3 Å². The van der Waals surface area contributed by atoms with Crippen molar-refractivity contribution in [3.63, 3.8) is 0 Å². The molecule has 0 bridgehead atoms. The van der Waals surface area contributed by atoms with E-state index in [1.165, 1.54) is 48.5 Å². The summed E-state index contributed by atoms with van der Waals surface area (Å²) in [6.07, 6.45) is 0. The molecule has 6 aromatic rings. The Hall–Kier alpha value is -5.36. The molecule has 0 radical (unpaired) electrons. The van der Waals surface area contributed by atoms with Crippen molar-refractivity contribution in [2.75, 3.05) is 52.9 Å². The predicted octanol–water partition coefficient (Wildman–Crippen LogP) is 7.02. The van der Waals surface area contributed by atoms with Crippen molar-refractivity contribution in [3.05, 3.63) is 129 Å². The van der Waals surface area contributed by atoms with E-state index in [-0.39, 0.29) is 21.6 Å². The highest BCUT2D eigenvalue weighted by atomic mass is 19.1. The van der Waals surface area contributed by atoms with Crippen LogP contribution in [0.3, 0.4) is 0 Å². The second-order valence-corrected chi connectivity index (χ2v) is 10.8. The molecule has 2 heterocycles. The monoisotopic (exact) mass is 670 g/mol. The number of hydrogen-bond donors (Lipinski definition) is 0. The Morgan fingerprint density at radius 2 is 0.816 bits per heavy atom. The lowest BCUT2D eigenvalue weighted by molar-refractivity contribution is 0.00499. The summed E-state index contributed by atoms with van der Waals surface area (Å²) in [5.74, 6) is 1.08. The van der Waals surface area contributed by atoms with E-state index in [4.69, 9.17) is 32.5 Å². The quantitative estimate of drug-likeness (QED) is 0.100. The normalized spacial score (nSPS) is 11.3. The van der Waals surface area contributed by atoms with Gasteiger partial charge in [0.15, 0.2) is 10.9 Å². The summed E-state index contributed by atoms with van der Waals surface area (Å²) in [7, 11) is 0. The number of benzene rings is 4. The van der Waals surface area contributed by atoms with E-state index < -0.39 is 11.6 Å². The highest BCUT2D eigenvalue weighted by molar-refractivity contribution is 5.79. The molecule has 0 amide bonds. The number of fused-ring (bicyclic) bond motifs is 2. The molecule has 49 heavy (non-hydrogen) atoms. The number of ether oxygens (including phenoxy) is 5. The summed E-state index contributed by atoms with van der Waals surface area (Å²) in [6.45, 7) is 3.12. The van der Waals surface area contributed by atoms with Crippen LogP contribution in [-0.2, 0) is 14.2 Å². The lowest BCUT2D eigenvalue weighted by Crippen LogP contribution is -2.14. The van der Waals surface area contributed by atoms with Crippen LogP contribution in [0.5, 0.6) is 11.5 Å². The molecule has 0 aliphatic rings. The van der Waals surface area contributed by atoms with Crippen molar-refractivity contribution in [2.45, 2.75) is 0 Å². The smallest absolute Gasteiger partial charge is 0.193 e. The second kappa shape index (κ2) is 16.2. The van der Waals surface area contributed by atoms with Gasteiger partial charge in [0.2, 0.25) is 0 Å². The molecule has 0 saturated heterocycles. The van der Waals surface area contributed by atoms with E-state index in [1.54, 1.807) is 48.5 Å². The average molecular weight is 671 g/mol. The van der Waals surface area contributed by atoms with Gasteiger partial charge in [0, 0.05) is 23.3 Å². The maximum Gasteiger partial charge on any atom is 0.193 e. The Bertz CT molecular complexity index is 1970. The average Bonchev–Trinajstić information content (AvgIpc) is 3.11. The molecule has 0 aliphatic carbocycles. The van der Waals surface area contributed by atoms with Gasteiger partial charge < -0.3 is 32.5 Å². The van der Waals surface area contributed by atoms with Crippen molar-refractivity contribution in [1.82, 2.24) is 0 Å². The highest BCUT2D eigenvalue weighted by Gasteiger charge is 2.10. The first kappa shape index (κ1) is 33.5. The van der Waals surface area contributed by atoms with Crippen LogP contribution in [0.1, 0.15) is 0 Å². The number of rotatable bonds is 16. The van der Waals surface area contributed by atoms with Gasteiger partial charge in [0.25, 0.3) is 0 Å². The van der Waals surface area contributed by atoms with Crippen LogP contribution in [0.2, 0.25) is 0 Å². The van der Waals surface area contributed by atoms with Crippen molar-refractivity contribution < 1.29 is 41.3 Å². The molecule has 9 nitrogen and oxygen atoms in total. The van der Waals surface area contributed by atoms with E-state index in [9.17, 15) is 18.4 Å². The van der Waals surface area contributed by atoms with Crippen LogP contribution in [-0.4, -0.2) is 52.9 Å².